The average molecular weight is 428 g/mol. The lowest BCUT2D eigenvalue weighted by Gasteiger charge is -2.26. The second kappa shape index (κ2) is 8.11. The molecule has 32 heavy (non-hydrogen) atoms. The van der Waals surface area contributed by atoms with Crippen LogP contribution in [0.25, 0.3) is 6.08 Å². The van der Waals surface area contributed by atoms with Crippen LogP contribution in [-0.4, -0.2) is 41.6 Å². The Morgan fingerprint density at radius 3 is 2.47 bits per heavy atom. The number of amides is 2. The second-order valence-electron chi connectivity index (χ2n) is 8.48. The van der Waals surface area contributed by atoms with Crippen molar-refractivity contribution in [2.24, 2.45) is 0 Å². The SMILES string of the molecule is Cc1ccc(N2C(=O)CC(N3CCN/C3=C3\CC/C(=C\c4ccccc4)C3=O)C2=O)cc1. The number of allylic oxidation sites excluding steroid dienone is 2. The van der Waals surface area contributed by atoms with Crippen LogP contribution in [0.15, 0.2) is 71.6 Å². The molecule has 2 aliphatic heterocycles. The first-order valence-electron chi connectivity index (χ1n) is 11.0. The van der Waals surface area contributed by atoms with Crippen molar-refractivity contribution in [1.29, 1.82) is 0 Å². The van der Waals surface area contributed by atoms with E-state index >= 15 is 0 Å². The van der Waals surface area contributed by atoms with E-state index in [2.05, 4.69) is 5.32 Å². The van der Waals surface area contributed by atoms with Gasteiger partial charge in [-0.1, -0.05) is 48.0 Å². The van der Waals surface area contributed by atoms with Gasteiger partial charge >= 0.3 is 0 Å². The highest BCUT2D eigenvalue weighted by Gasteiger charge is 2.45. The summed E-state index contributed by atoms with van der Waals surface area (Å²) in [5.41, 5.74) is 4.16. The molecule has 162 valence electrons. The molecule has 3 aliphatic rings. The summed E-state index contributed by atoms with van der Waals surface area (Å²) in [5.74, 6) is 0.299. The van der Waals surface area contributed by atoms with Crippen LogP contribution in [0, 0.1) is 6.92 Å². The number of anilines is 1. The van der Waals surface area contributed by atoms with E-state index in [1.165, 1.54) is 4.90 Å². The normalized spacial score (nSPS) is 24.7. The van der Waals surface area contributed by atoms with Gasteiger partial charge in [0, 0.05) is 24.2 Å². The van der Waals surface area contributed by atoms with E-state index in [4.69, 9.17) is 0 Å². The molecule has 0 bridgehead atoms. The minimum atomic E-state index is -0.587. The van der Waals surface area contributed by atoms with Crippen LogP contribution in [0.4, 0.5) is 5.69 Å². The monoisotopic (exact) mass is 427 g/mol. The Morgan fingerprint density at radius 1 is 0.969 bits per heavy atom. The maximum atomic E-state index is 13.3. The molecule has 1 atom stereocenters. The van der Waals surface area contributed by atoms with E-state index in [1.807, 2.05) is 60.4 Å². The third-order valence-corrected chi connectivity index (χ3v) is 6.36. The van der Waals surface area contributed by atoms with Crippen molar-refractivity contribution in [2.45, 2.75) is 32.2 Å². The molecule has 1 aliphatic carbocycles. The first-order valence-corrected chi connectivity index (χ1v) is 11.0. The zero-order valence-electron chi connectivity index (χ0n) is 18.0. The fourth-order valence-electron chi connectivity index (χ4n) is 4.72. The third kappa shape index (κ3) is 3.51. The van der Waals surface area contributed by atoms with E-state index in [0.717, 1.165) is 16.7 Å². The lowest BCUT2D eigenvalue weighted by molar-refractivity contribution is -0.122. The fourth-order valence-corrected chi connectivity index (χ4v) is 4.72. The van der Waals surface area contributed by atoms with Crippen molar-refractivity contribution < 1.29 is 14.4 Å². The number of hydrogen-bond donors (Lipinski definition) is 1. The summed E-state index contributed by atoms with van der Waals surface area (Å²) >= 11 is 0. The zero-order chi connectivity index (χ0) is 22.2. The molecule has 5 rings (SSSR count). The van der Waals surface area contributed by atoms with Gasteiger partial charge in [-0.2, -0.15) is 0 Å². The van der Waals surface area contributed by atoms with Gasteiger partial charge in [-0.25, -0.2) is 4.90 Å². The number of Topliss-reactive ketones (excluding diaryl/α,β-unsaturated/α-hetero) is 1. The van der Waals surface area contributed by atoms with Gasteiger partial charge in [-0.3, -0.25) is 14.4 Å². The molecular formula is C26H25N3O3. The Balaban J connectivity index is 1.41. The fraction of sp³-hybridized carbons (Fsp3) is 0.269. The summed E-state index contributed by atoms with van der Waals surface area (Å²) < 4.78 is 0. The smallest absolute Gasteiger partial charge is 0.257 e. The van der Waals surface area contributed by atoms with Crippen molar-refractivity contribution in [3.8, 4) is 0 Å². The molecule has 0 aromatic heterocycles. The van der Waals surface area contributed by atoms with Crippen molar-refractivity contribution in [3.63, 3.8) is 0 Å². The maximum Gasteiger partial charge on any atom is 0.257 e. The van der Waals surface area contributed by atoms with Crippen molar-refractivity contribution in [1.82, 2.24) is 10.2 Å². The van der Waals surface area contributed by atoms with Gasteiger partial charge in [-0.05, 0) is 43.5 Å². The molecular weight excluding hydrogens is 402 g/mol. The lowest BCUT2D eigenvalue weighted by Crippen LogP contribution is -2.41. The minimum Gasteiger partial charge on any atom is -0.370 e. The van der Waals surface area contributed by atoms with E-state index in [1.54, 1.807) is 12.1 Å². The number of nitrogens with zero attached hydrogens (tertiary/aromatic N) is 2. The largest absolute Gasteiger partial charge is 0.370 e. The van der Waals surface area contributed by atoms with Crippen LogP contribution in [0.2, 0.25) is 0 Å². The topological polar surface area (TPSA) is 69.7 Å². The molecule has 3 fully saturated rings. The molecule has 6 heteroatoms. The maximum absolute atomic E-state index is 13.3. The van der Waals surface area contributed by atoms with Crippen molar-refractivity contribution in [3.05, 3.63) is 82.7 Å². The predicted octanol–water partition coefficient (Wildman–Crippen LogP) is 3.19. The summed E-state index contributed by atoms with van der Waals surface area (Å²) in [7, 11) is 0. The first-order chi connectivity index (χ1) is 15.5. The highest BCUT2D eigenvalue weighted by atomic mass is 16.2. The van der Waals surface area contributed by atoms with Gasteiger partial charge < -0.3 is 10.2 Å². The third-order valence-electron chi connectivity index (χ3n) is 6.36. The number of hydrogen-bond acceptors (Lipinski definition) is 5. The summed E-state index contributed by atoms with van der Waals surface area (Å²) in [6.45, 7) is 3.20. The van der Waals surface area contributed by atoms with Gasteiger partial charge in [0.05, 0.1) is 12.1 Å². The molecule has 1 N–H and O–H groups in total. The number of carbonyl (C=O) groups is 3. The number of nitrogens with one attached hydrogen (secondary N) is 1. The van der Waals surface area contributed by atoms with Gasteiger partial charge in [0.15, 0.2) is 5.78 Å². The Kier molecular flexibility index (Phi) is 5.13. The Hall–Kier alpha value is -3.67. The molecule has 0 radical (unpaired) electrons. The molecule has 2 heterocycles. The van der Waals surface area contributed by atoms with Crippen LogP contribution in [-0.2, 0) is 14.4 Å². The Bertz CT molecular complexity index is 1150. The Morgan fingerprint density at radius 2 is 1.72 bits per heavy atom. The Labute approximate surface area is 187 Å². The predicted molar refractivity (Wildman–Crippen MR) is 122 cm³/mol. The standard InChI is InChI=1S/C26H25N3O3/c1-17-7-10-20(11-8-17)29-23(30)16-22(26(29)32)28-14-13-27-25(28)21-12-9-19(24(21)31)15-18-5-3-2-4-6-18/h2-8,10-11,15,22,27H,9,12-14,16H2,1H3/b19-15+,25-21-. The zero-order valence-corrected chi connectivity index (χ0v) is 18.0. The summed E-state index contributed by atoms with van der Waals surface area (Å²) in [6, 6.07) is 16.6. The molecule has 2 amide bonds. The molecule has 2 aromatic rings. The number of rotatable bonds is 3. The molecule has 6 nitrogen and oxygen atoms in total. The van der Waals surface area contributed by atoms with Crippen LogP contribution < -0.4 is 10.2 Å². The average Bonchev–Trinajstić information content (AvgIpc) is 3.48. The summed E-state index contributed by atoms with van der Waals surface area (Å²) in [4.78, 5) is 42.4. The van der Waals surface area contributed by atoms with E-state index < -0.39 is 6.04 Å². The number of imide groups is 1. The van der Waals surface area contributed by atoms with Crippen molar-refractivity contribution >= 4 is 29.4 Å². The van der Waals surface area contributed by atoms with Crippen LogP contribution in [0.5, 0.6) is 0 Å². The number of carbonyl (C=O) groups excluding carboxylic acids is 3. The van der Waals surface area contributed by atoms with E-state index in [-0.39, 0.29) is 24.0 Å². The van der Waals surface area contributed by atoms with Gasteiger partial charge in [-0.15, -0.1) is 0 Å². The first kappa shape index (κ1) is 20.2. The summed E-state index contributed by atoms with van der Waals surface area (Å²) in [5, 5.41) is 3.31. The quantitative estimate of drug-likeness (QED) is 0.602. The van der Waals surface area contributed by atoms with Gasteiger partial charge in [0.2, 0.25) is 5.91 Å². The molecule has 2 aromatic carbocycles. The highest BCUT2D eigenvalue weighted by Crippen LogP contribution is 2.34. The van der Waals surface area contributed by atoms with Crippen LogP contribution >= 0.6 is 0 Å². The second-order valence-corrected chi connectivity index (χ2v) is 8.48. The molecule has 0 spiro atoms. The lowest BCUT2D eigenvalue weighted by atomic mass is 10.1. The van der Waals surface area contributed by atoms with Crippen LogP contribution in [0.3, 0.4) is 0 Å². The number of benzene rings is 2. The van der Waals surface area contributed by atoms with E-state index in [0.29, 0.717) is 43.0 Å². The van der Waals surface area contributed by atoms with Gasteiger partial charge in [0.25, 0.3) is 5.91 Å². The van der Waals surface area contributed by atoms with E-state index in [9.17, 15) is 14.4 Å². The van der Waals surface area contributed by atoms with Gasteiger partial charge in [0.1, 0.15) is 11.9 Å². The minimum absolute atomic E-state index is 0.0235. The number of ketones is 1. The highest BCUT2D eigenvalue weighted by molar-refractivity contribution is 6.22. The summed E-state index contributed by atoms with van der Waals surface area (Å²) in [6.07, 6.45) is 3.37. The molecule has 2 saturated heterocycles. The van der Waals surface area contributed by atoms with Crippen LogP contribution in [0.1, 0.15) is 30.4 Å². The molecule has 1 saturated carbocycles. The molecule has 1 unspecified atom stereocenters. The number of aryl methyl sites for hydroxylation is 1. The van der Waals surface area contributed by atoms with Crippen molar-refractivity contribution in [2.75, 3.05) is 18.0 Å².